The van der Waals surface area contributed by atoms with E-state index >= 15 is 0 Å². The summed E-state index contributed by atoms with van der Waals surface area (Å²) in [6.45, 7) is 8.02. The Kier molecular flexibility index (Phi) is 4.76. The summed E-state index contributed by atoms with van der Waals surface area (Å²) in [5.74, 6) is 0. The molecule has 0 N–H and O–H groups in total. The molecule has 2 saturated heterocycles. The van der Waals surface area contributed by atoms with Gasteiger partial charge in [0.1, 0.15) is 0 Å². The van der Waals surface area contributed by atoms with Crippen molar-refractivity contribution in [1.82, 2.24) is 4.90 Å². The number of ether oxygens (including phenoxy) is 2. The molecule has 2 aliphatic rings. The Balaban J connectivity index is 1.68. The molecule has 0 spiro atoms. The fourth-order valence-corrected chi connectivity index (χ4v) is 4.33. The number of likely N-dealkylation sites (tertiary alicyclic amines) is 1. The zero-order chi connectivity index (χ0) is 13.8. The molecular formula is C16H25NO2S. The lowest BCUT2D eigenvalue weighted by Gasteiger charge is -2.50. The van der Waals surface area contributed by atoms with Crippen LogP contribution < -0.4 is 0 Å². The molecule has 1 aromatic heterocycles. The maximum absolute atomic E-state index is 6.06. The van der Waals surface area contributed by atoms with Crippen LogP contribution in [0, 0.1) is 5.41 Å². The van der Waals surface area contributed by atoms with Crippen LogP contribution in [0.4, 0.5) is 0 Å². The van der Waals surface area contributed by atoms with E-state index in [4.69, 9.17) is 9.47 Å². The van der Waals surface area contributed by atoms with Gasteiger partial charge in [0.05, 0.1) is 12.7 Å². The smallest absolute Gasteiger partial charge is 0.0677 e. The van der Waals surface area contributed by atoms with Crippen molar-refractivity contribution >= 4 is 11.3 Å². The fraction of sp³-hybridized carbons (Fsp3) is 0.750. The molecule has 3 rings (SSSR count). The average molecular weight is 295 g/mol. The van der Waals surface area contributed by atoms with Crippen molar-refractivity contribution < 1.29 is 9.47 Å². The highest BCUT2D eigenvalue weighted by Gasteiger charge is 2.45. The number of hydrogen-bond donors (Lipinski definition) is 0. The van der Waals surface area contributed by atoms with Gasteiger partial charge in [-0.3, -0.25) is 4.90 Å². The molecule has 2 fully saturated rings. The minimum absolute atomic E-state index is 0.225. The van der Waals surface area contributed by atoms with Crippen LogP contribution >= 0.6 is 11.3 Å². The third kappa shape index (κ3) is 3.08. The van der Waals surface area contributed by atoms with Crippen molar-refractivity contribution in [3.63, 3.8) is 0 Å². The summed E-state index contributed by atoms with van der Waals surface area (Å²) in [6.07, 6.45) is 3.98. The van der Waals surface area contributed by atoms with Gasteiger partial charge in [-0.25, -0.2) is 0 Å². The molecule has 0 aromatic carbocycles. The van der Waals surface area contributed by atoms with Crippen LogP contribution in [-0.2, 0) is 16.0 Å². The van der Waals surface area contributed by atoms with Gasteiger partial charge >= 0.3 is 0 Å². The summed E-state index contributed by atoms with van der Waals surface area (Å²) < 4.78 is 11.9. The Labute approximate surface area is 125 Å². The van der Waals surface area contributed by atoms with Gasteiger partial charge in [-0.05, 0) is 48.6 Å². The largest absolute Gasteiger partial charge is 0.381 e. The molecule has 0 bridgehead atoms. The van der Waals surface area contributed by atoms with Crippen LogP contribution in [0.1, 0.15) is 31.7 Å². The first-order valence-corrected chi connectivity index (χ1v) is 8.69. The molecule has 0 radical (unpaired) electrons. The number of rotatable bonds is 5. The van der Waals surface area contributed by atoms with Crippen molar-refractivity contribution in [3.8, 4) is 0 Å². The molecule has 4 heteroatoms. The van der Waals surface area contributed by atoms with Crippen molar-refractivity contribution in [2.75, 3.05) is 32.9 Å². The van der Waals surface area contributed by atoms with E-state index in [1.807, 2.05) is 0 Å². The van der Waals surface area contributed by atoms with Crippen LogP contribution in [0.2, 0.25) is 0 Å². The Hall–Kier alpha value is -0.420. The van der Waals surface area contributed by atoms with E-state index in [0.717, 1.165) is 45.9 Å². The van der Waals surface area contributed by atoms with Crippen molar-refractivity contribution in [2.45, 2.75) is 38.8 Å². The second-order valence-corrected chi connectivity index (χ2v) is 6.87. The van der Waals surface area contributed by atoms with Gasteiger partial charge in [-0.2, -0.15) is 11.3 Å². The molecule has 0 unspecified atom stereocenters. The van der Waals surface area contributed by atoms with Crippen LogP contribution in [0.25, 0.3) is 0 Å². The second kappa shape index (κ2) is 6.56. The quantitative estimate of drug-likeness (QED) is 0.833. The van der Waals surface area contributed by atoms with E-state index in [1.54, 1.807) is 11.3 Å². The van der Waals surface area contributed by atoms with Crippen molar-refractivity contribution in [2.24, 2.45) is 5.41 Å². The number of hydrogen-bond acceptors (Lipinski definition) is 4. The van der Waals surface area contributed by atoms with E-state index in [2.05, 4.69) is 28.7 Å². The first-order chi connectivity index (χ1) is 9.82. The number of thiophene rings is 1. The zero-order valence-electron chi connectivity index (χ0n) is 12.3. The Morgan fingerprint density at radius 3 is 3.30 bits per heavy atom. The first kappa shape index (κ1) is 14.5. The summed E-state index contributed by atoms with van der Waals surface area (Å²) >= 11 is 1.79. The molecule has 0 amide bonds. The minimum atomic E-state index is 0.225. The summed E-state index contributed by atoms with van der Waals surface area (Å²) in [7, 11) is 0. The molecule has 0 saturated carbocycles. The molecule has 0 aliphatic carbocycles. The highest BCUT2D eigenvalue weighted by Crippen LogP contribution is 2.40. The van der Waals surface area contributed by atoms with Gasteiger partial charge in [-0.15, -0.1) is 0 Å². The molecule has 2 aliphatic heterocycles. The summed E-state index contributed by atoms with van der Waals surface area (Å²) in [6, 6.07) is 2.24. The molecule has 112 valence electrons. The highest BCUT2D eigenvalue weighted by molar-refractivity contribution is 7.07. The lowest BCUT2D eigenvalue weighted by molar-refractivity contribution is -0.153. The predicted molar refractivity (Wildman–Crippen MR) is 82.1 cm³/mol. The normalized spacial score (nSPS) is 31.1. The van der Waals surface area contributed by atoms with E-state index < -0.39 is 0 Å². The van der Waals surface area contributed by atoms with Crippen LogP contribution in [0.3, 0.4) is 0 Å². The van der Waals surface area contributed by atoms with Gasteiger partial charge in [0, 0.05) is 38.3 Å². The van der Waals surface area contributed by atoms with Gasteiger partial charge in [0.25, 0.3) is 0 Å². The summed E-state index contributed by atoms with van der Waals surface area (Å²) in [5.41, 5.74) is 1.67. The van der Waals surface area contributed by atoms with Gasteiger partial charge in [0.15, 0.2) is 0 Å². The van der Waals surface area contributed by atoms with E-state index in [9.17, 15) is 0 Å². The highest BCUT2D eigenvalue weighted by atomic mass is 32.1. The fourth-order valence-electron chi connectivity index (χ4n) is 3.67. The summed E-state index contributed by atoms with van der Waals surface area (Å²) in [4.78, 5) is 2.59. The van der Waals surface area contributed by atoms with Crippen molar-refractivity contribution in [3.05, 3.63) is 22.4 Å². The van der Waals surface area contributed by atoms with Gasteiger partial charge in [0.2, 0.25) is 0 Å². The zero-order valence-corrected chi connectivity index (χ0v) is 13.2. The monoisotopic (exact) mass is 295 g/mol. The van der Waals surface area contributed by atoms with E-state index in [0.29, 0.717) is 6.10 Å². The molecule has 1 aromatic rings. The molecule has 3 nitrogen and oxygen atoms in total. The van der Waals surface area contributed by atoms with Crippen molar-refractivity contribution in [1.29, 1.82) is 0 Å². The van der Waals surface area contributed by atoms with Crippen LogP contribution in [0.5, 0.6) is 0 Å². The first-order valence-electron chi connectivity index (χ1n) is 7.75. The Bertz CT molecular complexity index is 409. The topological polar surface area (TPSA) is 21.7 Å². The lowest BCUT2D eigenvalue weighted by Crippen LogP contribution is -2.56. The maximum Gasteiger partial charge on any atom is 0.0677 e. The van der Waals surface area contributed by atoms with E-state index in [1.165, 1.54) is 18.4 Å². The molecule has 20 heavy (non-hydrogen) atoms. The predicted octanol–water partition coefficient (Wildman–Crippen LogP) is 3.16. The number of nitrogens with zero attached hydrogens (tertiary/aromatic N) is 1. The lowest BCUT2D eigenvalue weighted by atomic mass is 9.73. The number of piperidine rings is 1. The minimum Gasteiger partial charge on any atom is -0.381 e. The molecule has 2 atom stereocenters. The van der Waals surface area contributed by atoms with Crippen LogP contribution in [0.15, 0.2) is 16.8 Å². The number of fused-ring (bicyclic) bond motifs is 1. The maximum atomic E-state index is 6.06. The van der Waals surface area contributed by atoms with Crippen LogP contribution in [-0.4, -0.2) is 43.9 Å². The second-order valence-electron chi connectivity index (χ2n) is 6.09. The SMILES string of the molecule is CCOC[C@]12CCCO[C@@H]1CCN(Cc1ccsc1)C2. The van der Waals surface area contributed by atoms with E-state index in [-0.39, 0.29) is 5.41 Å². The third-order valence-electron chi connectivity index (χ3n) is 4.65. The molecule has 3 heterocycles. The Morgan fingerprint density at radius 1 is 1.55 bits per heavy atom. The molecular weight excluding hydrogens is 270 g/mol. The third-order valence-corrected chi connectivity index (χ3v) is 5.38. The summed E-state index contributed by atoms with van der Waals surface area (Å²) in [5, 5.41) is 4.43. The Morgan fingerprint density at radius 2 is 2.50 bits per heavy atom. The van der Waals surface area contributed by atoms with Gasteiger partial charge < -0.3 is 9.47 Å². The van der Waals surface area contributed by atoms with Gasteiger partial charge in [-0.1, -0.05) is 0 Å². The average Bonchev–Trinajstić information content (AvgIpc) is 2.98. The standard InChI is InChI=1S/C16H25NO2S/c1-2-18-13-16-6-3-8-19-15(16)4-7-17(12-16)10-14-5-9-20-11-14/h5,9,11,15H,2-4,6-8,10,12-13H2,1H3/t15-,16-/m1/s1.